The highest BCUT2D eigenvalue weighted by molar-refractivity contribution is 7.71. The summed E-state index contributed by atoms with van der Waals surface area (Å²) in [5, 5.41) is 5.28. The van der Waals surface area contributed by atoms with Crippen LogP contribution in [0.1, 0.15) is 11.1 Å². The van der Waals surface area contributed by atoms with Gasteiger partial charge in [-0.25, -0.2) is 4.98 Å². The Bertz CT molecular complexity index is 1220. The number of nitrogens with zero attached hydrogens (tertiary/aromatic N) is 3. The van der Waals surface area contributed by atoms with Gasteiger partial charge in [0.1, 0.15) is 5.65 Å². The number of aromatic nitrogens is 4. The molecule has 2 aromatic carbocycles. The molecule has 0 saturated carbocycles. The first-order valence-corrected chi connectivity index (χ1v) is 7.95. The fraction of sp³-hybridized carbons (Fsp3) is 0.111. The highest BCUT2D eigenvalue weighted by atomic mass is 32.1. The molecule has 0 aliphatic rings. The normalized spacial score (nSPS) is 11.2. The van der Waals surface area contributed by atoms with Crippen molar-refractivity contribution in [2.24, 2.45) is 0 Å². The average Bonchev–Trinajstić information content (AvgIpc) is 2.57. The molecule has 0 amide bonds. The van der Waals surface area contributed by atoms with E-state index < -0.39 is 0 Å². The van der Waals surface area contributed by atoms with Crippen LogP contribution < -0.4 is 5.56 Å². The van der Waals surface area contributed by atoms with Gasteiger partial charge in [-0.2, -0.15) is 9.61 Å². The predicted molar refractivity (Wildman–Crippen MR) is 96.9 cm³/mol. The fourth-order valence-corrected chi connectivity index (χ4v) is 2.96. The van der Waals surface area contributed by atoms with E-state index in [0.29, 0.717) is 16.1 Å². The minimum absolute atomic E-state index is 0.246. The number of nitrogens with one attached hydrogen (secondary N) is 1. The smallest absolute Gasteiger partial charge is 0.277 e. The van der Waals surface area contributed by atoms with Crippen molar-refractivity contribution in [3.63, 3.8) is 0 Å². The zero-order valence-electron chi connectivity index (χ0n) is 13.2. The molecule has 6 heteroatoms. The molecule has 2 aromatic heterocycles. The number of benzene rings is 2. The molecular weight excluding hydrogens is 320 g/mol. The molecule has 1 N–H and O–H groups in total. The first-order chi connectivity index (χ1) is 11.5. The molecule has 0 spiro atoms. The summed E-state index contributed by atoms with van der Waals surface area (Å²) in [6.07, 6.45) is 0. The van der Waals surface area contributed by atoms with E-state index in [1.54, 1.807) is 0 Å². The highest BCUT2D eigenvalue weighted by Gasteiger charge is 2.11. The summed E-state index contributed by atoms with van der Waals surface area (Å²) in [4.78, 5) is 19.9. The van der Waals surface area contributed by atoms with Crippen LogP contribution in [-0.2, 0) is 0 Å². The van der Waals surface area contributed by atoms with E-state index in [0.717, 1.165) is 22.0 Å². The lowest BCUT2D eigenvalue weighted by Crippen LogP contribution is -2.17. The van der Waals surface area contributed by atoms with Crippen LogP contribution in [0.2, 0.25) is 0 Å². The van der Waals surface area contributed by atoms with E-state index in [4.69, 9.17) is 12.2 Å². The van der Waals surface area contributed by atoms with E-state index >= 15 is 0 Å². The monoisotopic (exact) mass is 334 g/mol. The van der Waals surface area contributed by atoms with Gasteiger partial charge in [0, 0.05) is 10.9 Å². The number of para-hydroxylation sites is 1. The number of fused-ring (bicyclic) bond motifs is 3. The molecule has 4 aromatic rings. The Balaban J connectivity index is 2.09. The Morgan fingerprint density at radius 2 is 1.88 bits per heavy atom. The van der Waals surface area contributed by atoms with Crippen molar-refractivity contribution < 1.29 is 0 Å². The summed E-state index contributed by atoms with van der Waals surface area (Å²) >= 11 is 5.35. The van der Waals surface area contributed by atoms with Crippen molar-refractivity contribution in [1.29, 1.82) is 0 Å². The maximum atomic E-state index is 12.6. The van der Waals surface area contributed by atoms with Gasteiger partial charge in [-0.05, 0) is 55.4 Å². The number of hydrogen-bond donors (Lipinski definition) is 1. The van der Waals surface area contributed by atoms with Crippen molar-refractivity contribution in [3.05, 3.63) is 68.7 Å². The molecule has 24 heavy (non-hydrogen) atoms. The molecule has 0 atom stereocenters. The number of aromatic amines is 1. The summed E-state index contributed by atoms with van der Waals surface area (Å²) in [5.74, 6) is 0. The van der Waals surface area contributed by atoms with Gasteiger partial charge in [0.25, 0.3) is 5.56 Å². The van der Waals surface area contributed by atoms with Crippen molar-refractivity contribution in [1.82, 2.24) is 19.6 Å². The van der Waals surface area contributed by atoms with Gasteiger partial charge in [-0.15, -0.1) is 0 Å². The van der Waals surface area contributed by atoms with Crippen molar-refractivity contribution in [3.8, 4) is 11.3 Å². The van der Waals surface area contributed by atoms with E-state index in [2.05, 4.69) is 15.1 Å². The van der Waals surface area contributed by atoms with Gasteiger partial charge in [-0.3, -0.25) is 4.79 Å². The maximum Gasteiger partial charge on any atom is 0.277 e. The molecule has 0 bridgehead atoms. The second-order valence-corrected chi connectivity index (χ2v) is 6.14. The largest absolute Gasteiger partial charge is 0.304 e. The molecule has 0 saturated heterocycles. The van der Waals surface area contributed by atoms with Crippen LogP contribution in [0.15, 0.2) is 47.3 Å². The SMILES string of the molecule is Cc1ccc(-c2nn3c(=S)nc4ccccc4c3[nH]c2=O)cc1C. The van der Waals surface area contributed by atoms with Gasteiger partial charge in [0.2, 0.25) is 4.77 Å². The maximum absolute atomic E-state index is 12.6. The van der Waals surface area contributed by atoms with Crippen molar-refractivity contribution >= 4 is 28.8 Å². The Hall–Kier alpha value is -2.86. The average molecular weight is 334 g/mol. The fourth-order valence-electron chi connectivity index (χ4n) is 2.73. The van der Waals surface area contributed by atoms with Crippen LogP contribution in [0.4, 0.5) is 0 Å². The van der Waals surface area contributed by atoms with Gasteiger partial charge >= 0.3 is 0 Å². The molecule has 5 nitrogen and oxygen atoms in total. The quantitative estimate of drug-likeness (QED) is 0.427. The number of rotatable bonds is 1. The zero-order valence-corrected chi connectivity index (χ0v) is 14.0. The topological polar surface area (TPSA) is 63.1 Å². The number of H-pyrrole nitrogens is 1. The minimum atomic E-state index is -0.246. The standard InChI is InChI=1S/C18H14N4OS/c1-10-7-8-12(9-11(10)2)15-17(23)20-16-13-5-3-4-6-14(13)19-18(24)22(16)21-15/h3-9H,1-2H3,(H,20,23). The molecule has 0 radical (unpaired) electrons. The summed E-state index contributed by atoms with van der Waals surface area (Å²) < 4.78 is 1.83. The zero-order chi connectivity index (χ0) is 16.8. The molecule has 118 valence electrons. The van der Waals surface area contributed by atoms with Crippen LogP contribution in [-0.4, -0.2) is 19.6 Å². The van der Waals surface area contributed by atoms with Crippen LogP contribution >= 0.6 is 12.2 Å². The first-order valence-electron chi connectivity index (χ1n) is 7.54. The van der Waals surface area contributed by atoms with Crippen LogP contribution in [0, 0.1) is 18.6 Å². The van der Waals surface area contributed by atoms with Gasteiger partial charge in [0.15, 0.2) is 5.69 Å². The van der Waals surface area contributed by atoms with Crippen molar-refractivity contribution in [2.75, 3.05) is 0 Å². The molecule has 2 heterocycles. The lowest BCUT2D eigenvalue weighted by molar-refractivity contribution is 0.856. The Kier molecular flexibility index (Phi) is 3.28. The van der Waals surface area contributed by atoms with Gasteiger partial charge < -0.3 is 4.98 Å². The minimum Gasteiger partial charge on any atom is -0.304 e. The molecular formula is C18H14N4OS. The Labute approximate surface area is 142 Å². The van der Waals surface area contributed by atoms with Crippen LogP contribution in [0.3, 0.4) is 0 Å². The molecule has 0 aliphatic carbocycles. The summed E-state index contributed by atoms with van der Waals surface area (Å²) in [5.41, 5.74) is 4.41. The summed E-state index contributed by atoms with van der Waals surface area (Å²) in [6.45, 7) is 4.04. The molecule has 4 rings (SSSR count). The molecule has 0 unspecified atom stereocenters. The third-order valence-electron chi connectivity index (χ3n) is 4.20. The van der Waals surface area contributed by atoms with E-state index in [-0.39, 0.29) is 5.56 Å². The van der Waals surface area contributed by atoms with Crippen molar-refractivity contribution in [2.45, 2.75) is 13.8 Å². The second-order valence-electron chi connectivity index (χ2n) is 5.77. The first kappa shape index (κ1) is 14.7. The third-order valence-corrected chi connectivity index (χ3v) is 4.46. The number of aryl methyl sites for hydroxylation is 2. The van der Waals surface area contributed by atoms with E-state index in [1.807, 2.05) is 56.3 Å². The van der Waals surface area contributed by atoms with E-state index in [9.17, 15) is 4.79 Å². The number of hydrogen-bond acceptors (Lipinski definition) is 4. The molecule has 0 fully saturated rings. The Morgan fingerprint density at radius 3 is 2.67 bits per heavy atom. The lowest BCUT2D eigenvalue weighted by Gasteiger charge is -2.08. The second kappa shape index (κ2) is 5.35. The van der Waals surface area contributed by atoms with Crippen LogP contribution in [0.5, 0.6) is 0 Å². The van der Waals surface area contributed by atoms with Gasteiger partial charge in [0.05, 0.1) is 5.52 Å². The third kappa shape index (κ3) is 2.23. The summed E-state index contributed by atoms with van der Waals surface area (Å²) in [6, 6.07) is 13.4. The molecule has 0 aliphatic heterocycles. The lowest BCUT2D eigenvalue weighted by atomic mass is 10.0. The summed E-state index contributed by atoms with van der Waals surface area (Å²) in [7, 11) is 0. The predicted octanol–water partition coefficient (Wildman–Crippen LogP) is 3.58. The van der Waals surface area contributed by atoms with E-state index in [1.165, 1.54) is 10.1 Å². The Morgan fingerprint density at radius 1 is 1.08 bits per heavy atom. The van der Waals surface area contributed by atoms with Crippen LogP contribution in [0.25, 0.3) is 27.8 Å². The van der Waals surface area contributed by atoms with Gasteiger partial charge in [-0.1, -0.05) is 24.3 Å². The highest BCUT2D eigenvalue weighted by Crippen LogP contribution is 2.19.